The second-order valence-corrected chi connectivity index (χ2v) is 6.40. The highest BCUT2D eigenvalue weighted by Crippen LogP contribution is 2.27. The minimum Gasteiger partial charge on any atom is -0.460 e. The van der Waals surface area contributed by atoms with Crippen LogP contribution in [0, 0.1) is 0 Å². The molecular formula is C18H21BrN2O3. The van der Waals surface area contributed by atoms with Crippen molar-refractivity contribution in [2.75, 3.05) is 26.0 Å². The average molecular weight is 393 g/mol. The molecule has 0 spiro atoms. The predicted molar refractivity (Wildman–Crippen MR) is 97.5 cm³/mol. The largest absolute Gasteiger partial charge is 0.460 e. The fourth-order valence-corrected chi connectivity index (χ4v) is 2.89. The minimum absolute atomic E-state index is 0.0237. The molecule has 0 fully saturated rings. The monoisotopic (exact) mass is 392 g/mol. The van der Waals surface area contributed by atoms with Crippen molar-refractivity contribution >= 4 is 27.6 Å². The molecule has 24 heavy (non-hydrogen) atoms. The topological polar surface area (TPSA) is 75.8 Å². The van der Waals surface area contributed by atoms with Gasteiger partial charge in [-0.25, -0.2) is 4.79 Å². The molecule has 2 aromatic carbocycles. The van der Waals surface area contributed by atoms with Gasteiger partial charge in [-0.15, -0.1) is 0 Å². The van der Waals surface area contributed by atoms with E-state index in [0.717, 1.165) is 12.1 Å². The molecule has 0 aromatic heterocycles. The number of hydrogen-bond acceptors (Lipinski definition) is 5. The zero-order valence-electron chi connectivity index (χ0n) is 13.5. The molecule has 0 aliphatic carbocycles. The van der Waals surface area contributed by atoms with E-state index in [1.54, 1.807) is 12.1 Å². The minimum atomic E-state index is -0.475. The number of aliphatic hydroxyl groups excluding tert-OH is 1. The first-order chi connectivity index (χ1) is 11.5. The molecular weight excluding hydrogens is 372 g/mol. The van der Waals surface area contributed by atoms with Gasteiger partial charge in [0, 0.05) is 17.6 Å². The number of aliphatic hydroxyl groups is 1. The Labute approximate surface area is 150 Å². The number of ether oxygens (including phenoxy) is 1. The van der Waals surface area contributed by atoms with Crippen molar-refractivity contribution in [2.24, 2.45) is 0 Å². The summed E-state index contributed by atoms with van der Waals surface area (Å²) >= 11 is 3.39. The molecule has 0 aliphatic rings. The number of nitrogen functional groups attached to an aromatic ring is 1. The van der Waals surface area contributed by atoms with E-state index < -0.39 is 5.97 Å². The first kappa shape index (κ1) is 18.4. The summed E-state index contributed by atoms with van der Waals surface area (Å²) in [7, 11) is 2.00. The molecule has 0 saturated heterocycles. The van der Waals surface area contributed by atoms with Crippen molar-refractivity contribution in [3.8, 4) is 0 Å². The number of benzene rings is 2. The van der Waals surface area contributed by atoms with Crippen LogP contribution in [0.5, 0.6) is 0 Å². The third-order valence-electron chi connectivity index (χ3n) is 3.51. The number of carbonyl (C=O) groups excluding carboxylic acids is 1. The normalized spacial score (nSPS) is 10.8. The fraction of sp³-hybridized carbons (Fsp3) is 0.278. The maximum Gasteiger partial charge on any atom is 0.338 e. The zero-order valence-corrected chi connectivity index (χ0v) is 15.1. The van der Waals surface area contributed by atoms with E-state index in [2.05, 4.69) is 33.0 Å². The Bertz CT molecular complexity index is 692. The van der Waals surface area contributed by atoms with Gasteiger partial charge in [-0.05, 0) is 46.2 Å². The quantitative estimate of drug-likeness (QED) is 0.559. The first-order valence-corrected chi connectivity index (χ1v) is 8.39. The van der Waals surface area contributed by atoms with Crippen molar-refractivity contribution < 1.29 is 14.6 Å². The highest BCUT2D eigenvalue weighted by molar-refractivity contribution is 9.10. The van der Waals surface area contributed by atoms with Crippen LogP contribution in [0.15, 0.2) is 46.9 Å². The van der Waals surface area contributed by atoms with Crippen LogP contribution < -0.4 is 5.73 Å². The Morgan fingerprint density at radius 2 is 1.96 bits per heavy atom. The number of nitrogens with zero attached hydrogens (tertiary/aromatic N) is 1. The number of hydrogen-bond donors (Lipinski definition) is 2. The van der Waals surface area contributed by atoms with Gasteiger partial charge >= 0.3 is 5.97 Å². The molecule has 0 amide bonds. The van der Waals surface area contributed by atoms with Gasteiger partial charge in [-0.3, -0.25) is 4.90 Å². The van der Waals surface area contributed by atoms with Gasteiger partial charge in [0.15, 0.2) is 0 Å². The van der Waals surface area contributed by atoms with Crippen LogP contribution in [0.25, 0.3) is 0 Å². The van der Waals surface area contributed by atoms with Crippen LogP contribution in [0.1, 0.15) is 21.5 Å². The Morgan fingerprint density at radius 3 is 2.62 bits per heavy atom. The molecule has 2 aromatic rings. The number of esters is 1. The lowest BCUT2D eigenvalue weighted by atomic mass is 10.1. The molecule has 0 heterocycles. The summed E-state index contributed by atoms with van der Waals surface area (Å²) in [4.78, 5) is 14.1. The van der Waals surface area contributed by atoms with Crippen LogP contribution in [0.2, 0.25) is 0 Å². The smallest absolute Gasteiger partial charge is 0.338 e. The molecule has 6 heteroatoms. The maximum atomic E-state index is 12.0. The van der Waals surface area contributed by atoms with Gasteiger partial charge in [-0.2, -0.15) is 0 Å². The highest BCUT2D eigenvalue weighted by Gasteiger charge is 2.14. The lowest BCUT2D eigenvalue weighted by Crippen LogP contribution is -2.19. The van der Waals surface area contributed by atoms with E-state index in [1.165, 1.54) is 5.56 Å². The lowest BCUT2D eigenvalue weighted by molar-refractivity contribution is 0.0433. The second kappa shape index (κ2) is 8.82. The maximum absolute atomic E-state index is 12.0. The highest BCUT2D eigenvalue weighted by atomic mass is 79.9. The summed E-state index contributed by atoms with van der Waals surface area (Å²) < 4.78 is 5.62. The molecule has 2 rings (SSSR count). The van der Waals surface area contributed by atoms with E-state index >= 15 is 0 Å². The molecule has 0 aliphatic heterocycles. The number of halogens is 1. The summed E-state index contributed by atoms with van der Waals surface area (Å²) in [5, 5.41) is 8.76. The van der Waals surface area contributed by atoms with Crippen LogP contribution in [0.3, 0.4) is 0 Å². The Morgan fingerprint density at radius 1 is 1.25 bits per heavy atom. The molecule has 0 bridgehead atoms. The molecule has 3 N–H and O–H groups in total. The van der Waals surface area contributed by atoms with Crippen LogP contribution >= 0.6 is 15.9 Å². The van der Waals surface area contributed by atoms with Crippen LogP contribution in [0.4, 0.5) is 5.69 Å². The van der Waals surface area contributed by atoms with E-state index in [9.17, 15) is 4.79 Å². The number of carbonyl (C=O) groups is 1. The summed E-state index contributed by atoms with van der Waals surface area (Å²) in [6.07, 6.45) is 0. The van der Waals surface area contributed by atoms with Crippen molar-refractivity contribution in [1.82, 2.24) is 4.90 Å². The summed E-state index contributed by atoms with van der Waals surface area (Å²) in [6.45, 7) is 1.15. The SMILES string of the molecule is CN(Cc1ccccc1)Cc1cc(C(=O)OCCO)cc(Br)c1N. The number of rotatable bonds is 7. The Hall–Kier alpha value is -1.89. The lowest BCUT2D eigenvalue weighted by Gasteiger charge is -2.19. The number of anilines is 1. The summed E-state index contributed by atoms with van der Waals surface area (Å²) in [5.74, 6) is -0.475. The molecule has 0 radical (unpaired) electrons. The van der Waals surface area contributed by atoms with Gasteiger partial charge in [-0.1, -0.05) is 30.3 Å². The zero-order chi connectivity index (χ0) is 17.5. The molecule has 5 nitrogen and oxygen atoms in total. The molecule has 0 atom stereocenters. The van der Waals surface area contributed by atoms with Crippen LogP contribution in [-0.4, -0.2) is 36.2 Å². The van der Waals surface area contributed by atoms with Gasteiger partial charge in [0.2, 0.25) is 0 Å². The van der Waals surface area contributed by atoms with Crippen LogP contribution in [-0.2, 0) is 17.8 Å². The van der Waals surface area contributed by atoms with Gasteiger partial charge in [0.05, 0.1) is 17.9 Å². The van der Waals surface area contributed by atoms with Gasteiger partial charge in [0.25, 0.3) is 0 Å². The van der Waals surface area contributed by atoms with Crippen molar-refractivity contribution in [3.05, 3.63) is 63.6 Å². The standard InChI is InChI=1S/C18H21BrN2O3/c1-21(11-13-5-3-2-4-6-13)12-15-9-14(10-16(19)17(15)20)18(23)24-8-7-22/h2-6,9-10,22H,7-8,11-12,20H2,1H3. The summed E-state index contributed by atoms with van der Waals surface area (Å²) in [5.41, 5.74) is 9.19. The molecule has 128 valence electrons. The van der Waals surface area contributed by atoms with E-state index in [-0.39, 0.29) is 13.2 Å². The molecule has 0 saturated carbocycles. The van der Waals surface area contributed by atoms with E-state index in [1.807, 2.05) is 25.2 Å². The average Bonchev–Trinajstić information content (AvgIpc) is 2.57. The third kappa shape index (κ3) is 5.06. The second-order valence-electron chi connectivity index (χ2n) is 5.55. The molecule has 0 unspecified atom stereocenters. The van der Waals surface area contributed by atoms with Crippen molar-refractivity contribution in [3.63, 3.8) is 0 Å². The fourth-order valence-electron chi connectivity index (χ4n) is 2.39. The van der Waals surface area contributed by atoms with E-state index in [4.69, 9.17) is 15.6 Å². The van der Waals surface area contributed by atoms with Gasteiger partial charge in [0.1, 0.15) is 6.61 Å². The van der Waals surface area contributed by atoms with E-state index in [0.29, 0.717) is 22.3 Å². The Balaban J connectivity index is 2.13. The number of nitrogens with two attached hydrogens (primary N) is 1. The third-order valence-corrected chi connectivity index (χ3v) is 4.17. The van der Waals surface area contributed by atoms with Crippen molar-refractivity contribution in [2.45, 2.75) is 13.1 Å². The predicted octanol–water partition coefficient (Wildman–Crippen LogP) is 2.81. The van der Waals surface area contributed by atoms with Crippen molar-refractivity contribution in [1.29, 1.82) is 0 Å². The Kier molecular flexibility index (Phi) is 6.78. The first-order valence-electron chi connectivity index (χ1n) is 7.59. The van der Waals surface area contributed by atoms with Gasteiger partial charge < -0.3 is 15.6 Å². The summed E-state index contributed by atoms with van der Waals surface area (Å²) in [6, 6.07) is 13.5.